The van der Waals surface area contributed by atoms with Crippen molar-refractivity contribution in [1.82, 2.24) is 20.0 Å². The average molecular weight is 465 g/mol. The molecule has 0 amide bonds. The van der Waals surface area contributed by atoms with E-state index in [0.29, 0.717) is 12.1 Å². The number of hydrogen-bond acceptors (Lipinski definition) is 3. The summed E-state index contributed by atoms with van der Waals surface area (Å²) in [5.41, 5.74) is 0. The molecule has 0 aromatic rings. The minimum Gasteiger partial charge on any atom is -0.356 e. The molecule has 0 aromatic heterocycles. The lowest BCUT2D eigenvalue weighted by Gasteiger charge is -2.30. The highest BCUT2D eigenvalue weighted by Crippen LogP contribution is 2.20. The van der Waals surface area contributed by atoms with Gasteiger partial charge in [-0.2, -0.15) is 0 Å². The van der Waals surface area contributed by atoms with E-state index in [-0.39, 0.29) is 24.0 Å². The van der Waals surface area contributed by atoms with Gasteiger partial charge < -0.3 is 10.2 Å². The quantitative estimate of drug-likeness (QED) is 0.272. The van der Waals surface area contributed by atoms with Crippen LogP contribution in [0, 0.1) is 0 Å². The van der Waals surface area contributed by atoms with Crippen LogP contribution in [0.25, 0.3) is 0 Å². The standard InChI is InChI=1S/C19H39N5.HI/c1-16(2)24(17(3)4)13-8-10-21-19(20-5)23-14-9-18(15-23)22-11-6-7-12-22;/h16-18H,6-15H2,1-5H3,(H,20,21);1H. The van der Waals surface area contributed by atoms with Crippen molar-refractivity contribution in [3.8, 4) is 0 Å². The summed E-state index contributed by atoms with van der Waals surface area (Å²) in [6.07, 6.45) is 5.21. The van der Waals surface area contributed by atoms with Crippen molar-refractivity contribution < 1.29 is 0 Å². The molecule has 2 saturated heterocycles. The Morgan fingerprint density at radius 3 is 2.32 bits per heavy atom. The van der Waals surface area contributed by atoms with Gasteiger partial charge in [-0.1, -0.05) is 0 Å². The summed E-state index contributed by atoms with van der Waals surface area (Å²) in [6.45, 7) is 16.2. The van der Waals surface area contributed by atoms with E-state index in [9.17, 15) is 0 Å². The smallest absolute Gasteiger partial charge is 0.193 e. The normalized spacial score (nSPS) is 22.3. The van der Waals surface area contributed by atoms with E-state index < -0.39 is 0 Å². The van der Waals surface area contributed by atoms with Crippen LogP contribution in [0.1, 0.15) is 53.4 Å². The molecular formula is C19H40IN5. The molecule has 148 valence electrons. The largest absolute Gasteiger partial charge is 0.356 e. The van der Waals surface area contributed by atoms with Crippen LogP contribution in [0.4, 0.5) is 0 Å². The molecule has 2 aliphatic rings. The topological polar surface area (TPSA) is 34.1 Å². The Hall–Kier alpha value is -0.0800. The molecule has 0 saturated carbocycles. The van der Waals surface area contributed by atoms with E-state index in [1.54, 1.807) is 0 Å². The van der Waals surface area contributed by atoms with Gasteiger partial charge >= 0.3 is 0 Å². The molecule has 1 unspecified atom stereocenters. The van der Waals surface area contributed by atoms with E-state index in [1.807, 2.05) is 7.05 Å². The van der Waals surface area contributed by atoms with Crippen LogP contribution >= 0.6 is 24.0 Å². The van der Waals surface area contributed by atoms with Gasteiger partial charge in [-0.3, -0.25) is 14.8 Å². The highest BCUT2D eigenvalue weighted by atomic mass is 127. The minimum atomic E-state index is 0. The number of rotatable bonds is 7. The molecule has 0 aromatic carbocycles. The Bertz CT molecular complexity index is 385. The fourth-order valence-corrected chi connectivity index (χ4v) is 4.25. The number of hydrogen-bond donors (Lipinski definition) is 1. The molecule has 0 bridgehead atoms. The summed E-state index contributed by atoms with van der Waals surface area (Å²) in [5.74, 6) is 1.09. The molecule has 25 heavy (non-hydrogen) atoms. The second kappa shape index (κ2) is 11.6. The van der Waals surface area contributed by atoms with E-state index in [4.69, 9.17) is 0 Å². The molecular weight excluding hydrogens is 425 g/mol. The van der Waals surface area contributed by atoms with Gasteiger partial charge in [-0.25, -0.2) is 0 Å². The lowest BCUT2D eigenvalue weighted by Crippen LogP contribution is -2.44. The van der Waals surface area contributed by atoms with Crippen LogP contribution in [-0.4, -0.2) is 85.1 Å². The van der Waals surface area contributed by atoms with Gasteiger partial charge in [-0.05, 0) is 66.5 Å². The molecule has 1 N–H and O–H groups in total. The molecule has 0 aliphatic carbocycles. The average Bonchev–Trinajstić information content (AvgIpc) is 3.20. The van der Waals surface area contributed by atoms with Gasteiger partial charge in [0.2, 0.25) is 0 Å². The first kappa shape index (κ1) is 23.0. The van der Waals surface area contributed by atoms with Gasteiger partial charge in [0.1, 0.15) is 0 Å². The van der Waals surface area contributed by atoms with Gasteiger partial charge in [-0.15, -0.1) is 24.0 Å². The summed E-state index contributed by atoms with van der Waals surface area (Å²) in [7, 11) is 1.92. The summed E-state index contributed by atoms with van der Waals surface area (Å²) in [4.78, 5) is 12.2. The predicted molar refractivity (Wildman–Crippen MR) is 119 cm³/mol. The zero-order chi connectivity index (χ0) is 17.5. The number of nitrogens with zero attached hydrogens (tertiary/aromatic N) is 4. The van der Waals surface area contributed by atoms with Crippen LogP contribution in [0.2, 0.25) is 0 Å². The monoisotopic (exact) mass is 465 g/mol. The number of halogens is 1. The van der Waals surface area contributed by atoms with Crippen LogP contribution < -0.4 is 5.32 Å². The molecule has 1 atom stereocenters. The molecule has 2 heterocycles. The number of guanidine groups is 1. The maximum absolute atomic E-state index is 4.52. The van der Waals surface area contributed by atoms with Crippen LogP contribution in [0.15, 0.2) is 4.99 Å². The molecule has 2 fully saturated rings. The first-order valence-corrected chi connectivity index (χ1v) is 9.98. The summed E-state index contributed by atoms with van der Waals surface area (Å²) in [6, 6.07) is 1.97. The van der Waals surface area contributed by atoms with Crippen LogP contribution in [0.3, 0.4) is 0 Å². The third-order valence-electron chi connectivity index (χ3n) is 5.53. The number of aliphatic imine (C=N–C) groups is 1. The molecule has 2 aliphatic heterocycles. The van der Waals surface area contributed by atoms with Crippen LogP contribution in [0.5, 0.6) is 0 Å². The maximum Gasteiger partial charge on any atom is 0.193 e. The Morgan fingerprint density at radius 1 is 1.12 bits per heavy atom. The third kappa shape index (κ3) is 6.86. The second-order valence-electron chi connectivity index (χ2n) is 7.88. The van der Waals surface area contributed by atoms with Gasteiger partial charge in [0.15, 0.2) is 5.96 Å². The Morgan fingerprint density at radius 2 is 1.76 bits per heavy atom. The van der Waals surface area contributed by atoms with E-state index in [1.165, 1.54) is 38.8 Å². The summed E-state index contributed by atoms with van der Waals surface area (Å²) >= 11 is 0. The van der Waals surface area contributed by atoms with Crippen molar-refractivity contribution in [2.45, 2.75) is 71.5 Å². The van der Waals surface area contributed by atoms with Crippen molar-refractivity contribution in [2.75, 3.05) is 46.3 Å². The zero-order valence-corrected chi connectivity index (χ0v) is 19.3. The Labute approximate surface area is 172 Å². The first-order chi connectivity index (χ1) is 11.5. The molecule has 0 radical (unpaired) electrons. The predicted octanol–water partition coefficient (Wildman–Crippen LogP) is 2.86. The zero-order valence-electron chi connectivity index (χ0n) is 17.0. The SMILES string of the molecule is CN=C(NCCCN(C(C)C)C(C)C)N1CCC(N2CCCC2)C1.I. The maximum atomic E-state index is 4.52. The molecule has 6 heteroatoms. The van der Waals surface area contributed by atoms with Crippen molar-refractivity contribution in [2.24, 2.45) is 4.99 Å². The first-order valence-electron chi connectivity index (χ1n) is 9.98. The van der Waals surface area contributed by atoms with Crippen LogP contribution in [-0.2, 0) is 0 Å². The molecule has 2 rings (SSSR count). The molecule has 5 nitrogen and oxygen atoms in total. The third-order valence-corrected chi connectivity index (χ3v) is 5.53. The van der Waals surface area contributed by atoms with E-state index in [0.717, 1.165) is 38.2 Å². The van der Waals surface area contributed by atoms with Gasteiger partial charge in [0, 0.05) is 51.4 Å². The number of likely N-dealkylation sites (tertiary alicyclic amines) is 2. The minimum absolute atomic E-state index is 0. The van der Waals surface area contributed by atoms with Crippen molar-refractivity contribution >= 4 is 29.9 Å². The van der Waals surface area contributed by atoms with E-state index in [2.05, 4.69) is 52.7 Å². The fourth-order valence-electron chi connectivity index (χ4n) is 4.25. The van der Waals surface area contributed by atoms with Gasteiger partial charge in [0.25, 0.3) is 0 Å². The highest BCUT2D eigenvalue weighted by molar-refractivity contribution is 14.0. The van der Waals surface area contributed by atoms with Crippen molar-refractivity contribution in [1.29, 1.82) is 0 Å². The molecule has 0 spiro atoms. The number of nitrogens with one attached hydrogen (secondary N) is 1. The lowest BCUT2D eigenvalue weighted by molar-refractivity contribution is 0.173. The lowest BCUT2D eigenvalue weighted by atomic mass is 10.2. The Balaban J connectivity index is 0.00000312. The van der Waals surface area contributed by atoms with Gasteiger partial charge in [0.05, 0.1) is 0 Å². The fraction of sp³-hybridized carbons (Fsp3) is 0.947. The van der Waals surface area contributed by atoms with Crippen molar-refractivity contribution in [3.63, 3.8) is 0 Å². The summed E-state index contributed by atoms with van der Waals surface area (Å²) < 4.78 is 0. The Kier molecular flexibility index (Phi) is 10.6. The van der Waals surface area contributed by atoms with E-state index >= 15 is 0 Å². The second-order valence-corrected chi connectivity index (χ2v) is 7.88. The van der Waals surface area contributed by atoms with Crippen molar-refractivity contribution in [3.05, 3.63) is 0 Å². The summed E-state index contributed by atoms with van der Waals surface area (Å²) in [5, 5.41) is 3.59. The highest BCUT2D eigenvalue weighted by Gasteiger charge is 2.30.